The third-order valence-electron chi connectivity index (χ3n) is 3.93. The molecule has 1 heterocycles. The van der Waals surface area contributed by atoms with Gasteiger partial charge >= 0.3 is 0 Å². The molecule has 0 radical (unpaired) electrons. The molecular formula is C18H18O5. The van der Waals surface area contributed by atoms with E-state index in [1.54, 1.807) is 48.5 Å². The van der Waals surface area contributed by atoms with Crippen molar-refractivity contribution in [2.45, 2.75) is 18.0 Å². The van der Waals surface area contributed by atoms with Gasteiger partial charge in [-0.15, -0.1) is 0 Å². The van der Waals surface area contributed by atoms with E-state index in [2.05, 4.69) is 0 Å². The maximum atomic E-state index is 11.3. The Morgan fingerprint density at radius 2 is 1.35 bits per heavy atom. The minimum Gasteiger partial charge on any atom is -0.384 e. The Kier molecular flexibility index (Phi) is 4.54. The number of carbonyl (C=O) groups excluding carboxylic acids is 1. The van der Waals surface area contributed by atoms with Crippen molar-refractivity contribution in [3.05, 3.63) is 71.8 Å². The zero-order valence-corrected chi connectivity index (χ0v) is 12.5. The molecule has 0 saturated carbocycles. The third-order valence-corrected chi connectivity index (χ3v) is 3.93. The molecule has 0 bridgehead atoms. The summed E-state index contributed by atoms with van der Waals surface area (Å²) in [5.41, 5.74) is -0.682. The van der Waals surface area contributed by atoms with Crippen molar-refractivity contribution < 1.29 is 24.5 Å². The molecule has 1 aliphatic heterocycles. The maximum absolute atomic E-state index is 11.3. The molecule has 0 spiro atoms. The van der Waals surface area contributed by atoms with E-state index in [0.29, 0.717) is 11.1 Å². The van der Waals surface area contributed by atoms with Crippen molar-refractivity contribution in [1.29, 1.82) is 0 Å². The third kappa shape index (κ3) is 3.04. The number of aliphatic hydroxyl groups excluding tert-OH is 1. The van der Waals surface area contributed by atoms with Crippen LogP contribution in [0.25, 0.3) is 0 Å². The monoisotopic (exact) mass is 314 g/mol. The van der Waals surface area contributed by atoms with Gasteiger partial charge in [0.1, 0.15) is 24.9 Å². The Bertz CT molecular complexity index is 606. The molecule has 120 valence electrons. The normalized spacial score (nSPS) is 17.9. The number of hydrogen-bond donors (Lipinski definition) is 2. The van der Waals surface area contributed by atoms with Gasteiger partial charge in [-0.2, -0.15) is 0 Å². The Morgan fingerprint density at radius 3 is 1.78 bits per heavy atom. The molecule has 2 N–H and O–H groups in total. The molecule has 1 unspecified atom stereocenters. The van der Waals surface area contributed by atoms with E-state index < -0.39 is 18.0 Å². The van der Waals surface area contributed by atoms with Crippen LogP contribution in [0.1, 0.15) is 11.1 Å². The first kappa shape index (κ1) is 15.8. The Labute approximate surface area is 134 Å². The average molecular weight is 314 g/mol. The van der Waals surface area contributed by atoms with Gasteiger partial charge in [0.05, 0.1) is 0 Å². The molecule has 0 aromatic heterocycles. The molecule has 2 aromatic carbocycles. The lowest BCUT2D eigenvalue weighted by molar-refractivity contribution is -0.246. The molecule has 0 amide bonds. The fourth-order valence-electron chi connectivity index (χ4n) is 2.71. The van der Waals surface area contributed by atoms with E-state index in [4.69, 9.17) is 9.47 Å². The fourth-order valence-corrected chi connectivity index (χ4v) is 2.71. The highest BCUT2D eigenvalue weighted by Gasteiger charge is 2.45. The second kappa shape index (κ2) is 6.60. The zero-order valence-electron chi connectivity index (χ0n) is 12.5. The summed E-state index contributed by atoms with van der Waals surface area (Å²) >= 11 is 0. The maximum Gasteiger partial charge on any atom is 0.188 e. The SMILES string of the molecule is O=C1COC(C(O)C(O)(c2ccccc2)c2ccccc2)OC1. The number of aliphatic hydroxyl groups is 2. The molecule has 1 saturated heterocycles. The quantitative estimate of drug-likeness (QED) is 0.887. The molecule has 1 aliphatic rings. The Morgan fingerprint density at radius 1 is 0.913 bits per heavy atom. The van der Waals surface area contributed by atoms with E-state index in [0.717, 1.165) is 0 Å². The molecule has 5 nitrogen and oxygen atoms in total. The van der Waals surface area contributed by atoms with Crippen LogP contribution in [0.3, 0.4) is 0 Å². The molecule has 2 aromatic rings. The van der Waals surface area contributed by atoms with Crippen LogP contribution < -0.4 is 0 Å². The van der Waals surface area contributed by atoms with Crippen molar-refractivity contribution in [3.63, 3.8) is 0 Å². The number of carbonyl (C=O) groups is 1. The van der Waals surface area contributed by atoms with Crippen LogP contribution in [0.5, 0.6) is 0 Å². The summed E-state index contributed by atoms with van der Waals surface area (Å²) in [6.07, 6.45) is -2.47. The molecule has 1 atom stereocenters. The van der Waals surface area contributed by atoms with Crippen LogP contribution in [0.4, 0.5) is 0 Å². The molecule has 1 fully saturated rings. The van der Waals surface area contributed by atoms with Crippen molar-refractivity contribution in [1.82, 2.24) is 0 Å². The average Bonchev–Trinajstić information content (AvgIpc) is 2.62. The molecule has 5 heteroatoms. The van der Waals surface area contributed by atoms with Gasteiger partial charge in [-0.1, -0.05) is 60.7 Å². The number of Topliss-reactive ketones (excluding diaryl/α,β-unsaturated/α-hetero) is 1. The van der Waals surface area contributed by atoms with Gasteiger partial charge in [0.25, 0.3) is 0 Å². The highest BCUT2D eigenvalue weighted by Crippen LogP contribution is 2.35. The van der Waals surface area contributed by atoms with E-state index in [-0.39, 0.29) is 19.0 Å². The largest absolute Gasteiger partial charge is 0.384 e. The van der Waals surface area contributed by atoms with Crippen LogP contribution in [-0.4, -0.2) is 41.6 Å². The topological polar surface area (TPSA) is 76.0 Å². The van der Waals surface area contributed by atoms with E-state index in [1.807, 2.05) is 12.1 Å². The number of benzene rings is 2. The molecule has 3 rings (SSSR count). The summed E-state index contributed by atoms with van der Waals surface area (Å²) in [7, 11) is 0. The number of ketones is 1. The summed E-state index contributed by atoms with van der Waals surface area (Å²) in [5, 5.41) is 22.1. The van der Waals surface area contributed by atoms with Gasteiger partial charge in [-0.3, -0.25) is 4.79 Å². The number of rotatable bonds is 4. The number of hydrogen-bond acceptors (Lipinski definition) is 5. The standard InChI is InChI=1S/C18H18O5/c19-15-11-22-17(23-12-15)16(20)18(21,13-7-3-1-4-8-13)14-9-5-2-6-10-14/h1-10,16-17,20-21H,11-12H2. The second-order valence-electron chi connectivity index (χ2n) is 5.47. The summed E-state index contributed by atoms with van der Waals surface area (Å²) in [5.74, 6) is -0.198. The van der Waals surface area contributed by atoms with Crippen molar-refractivity contribution >= 4 is 5.78 Å². The first-order valence-corrected chi connectivity index (χ1v) is 7.39. The lowest BCUT2D eigenvalue weighted by Crippen LogP contribution is -2.52. The van der Waals surface area contributed by atoms with Crippen molar-refractivity contribution in [2.75, 3.05) is 13.2 Å². The van der Waals surface area contributed by atoms with Gasteiger partial charge in [-0.25, -0.2) is 0 Å². The summed E-state index contributed by atoms with van der Waals surface area (Å²) in [6.45, 7) is -0.275. The highest BCUT2D eigenvalue weighted by molar-refractivity contribution is 5.81. The summed E-state index contributed by atoms with van der Waals surface area (Å²) in [4.78, 5) is 11.2. The predicted octanol–water partition coefficient (Wildman–Crippen LogP) is 1.23. The van der Waals surface area contributed by atoms with Crippen LogP contribution in [-0.2, 0) is 19.9 Å². The molecule has 0 aliphatic carbocycles. The smallest absolute Gasteiger partial charge is 0.188 e. The fraction of sp³-hybridized carbons (Fsp3) is 0.278. The lowest BCUT2D eigenvalue weighted by atomic mass is 9.81. The van der Waals surface area contributed by atoms with E-state index in [9.17, 15) is 15.0 Å². The first-order chi connectivity index (χ1) is 11.1. The van der Waals surface area contributed by atoms with Crippen molar-refractivity contribution in [3.8, 4) is 0 Å². The van der Waals surface area contributed by atoms with Crippen molar-refractivity contribution in [2.24, 2.45) is 0 Å². The molecule has 23 heavy (non-hydrogen) atoms. The second-order valence-corrected chi connectivity index (χ2v) is 5.47. The van der Waals surface area contributed by atoms with Crippen LogP contribution in [0.15, 0.2) is 60.7 Å². The van der Waals surface area contributed by atoms with Crippen LogP contribution in [0.2, 0.25) is 0 Å². The summed E-state index contributed by atoms with van der Waals surface area (Å²) in [6, 6.07) is 17.7. The van der Waals surface area contributed by atoms with Gasteiger partial charge < -0.3 is 19.7 Å². The molecular weight excluding hydrogens is 296 g/mol. The predicted molar refractivity (Wildman–Crippen MR) is 82.6 cm³/mol. The Hall–Kier alpha value is -2.05. The van der Waals surface area contributed by atoms with Gasteiger partial charge in [0, 0.05) is 0 Å². The minimum atomic E-state index is -1.71. The van der Waals surface area contributed by atoms with Crippen LogP contribution >= 0.6 is 0 Å². The summed E-state index contributed by atoms with van der Waals surface area (Å²) < 4.78 is 10.5. The van der Waals surface area contributed by atoms with E-state index >= 15 is 0 Å². The number of ether oxygens (including phenoxy) is 2. The lowest BCUT2D eigenvalue weighted by Gasteiger charge is -2.38. The van der Waals surface area contributed by atoms with E-state index in [1.165, 1.54) is 0 Å². The van der Waals surface area contributed by atoms with Gasteiger partial charge in [0.2, 0.25) is 0 Å². The highest BCUT2D eigenvalue weighted by atomic mass is 16.7. The minimum absolute atomic E-state index is 0.138. The Balaban J connectivity index is 2.00. The van der Waals surface area contributed by atoms with Gasteiger partial charge in [0.15, 0.2) is 12.1 Å². The van der Waals surface area contributed by atoms with Crippen LogP contribution in [0, 0.1) is 0 Å². The first-order valence-electron chi connectivity index (χ1n) is 7.39. The van der Waals surface area contributed by atoms with Gasteiger partial charge in [-0.05, 0) is 11.1 Å². The zero-order chi connectivity index (χ0) is 16.3.